The molecule has 0 saturated carbocycles. The molecule has 6 heteroatoms. The van der Waals surface area contributed by atoms with E-state index in [1.165, 1.54) is 0 Å². The van der Waals surface area contributed by atoms with Gasteiger partial charge in [-0.15, -0.1) is 0 Å². The molecule has 0 amide bonds. The maximum atomic E-state index is 10.9. The van der Waals surface area contributed by atoms with E-state index in [0.29, 0.717) is 11.4 Å². The SMILES string of the molecule is O=C(CCc1ccc(Cl)cc1)OS(=O)[O-]. The lowest BCUT2D eigenvalue weighted by Crippen LogP contribution is -2.07. The number of rotatable bonds is 4. The molecule has 0 aliphatic heterocycles. The van der Waals surface area contributed by atoms with Crippen LogP contribution in [0, 0.1) is 0 Å². The average Bonchev–Trinajstić information content (AvgIpc) is 2.16. The standard InChI is InChI=1S/C9H9ClO4S/c10-8-4-1-7(2-5-8)3-6-9(11)14-15(12)13/h1-2,4-5H,3,6H2,(H,12,13)/p-1. The number of carbonyl (C=O) groups is 1. The Morgan fingerprint density at radius 2 is 2.00 bits per heavy atom. The van der Waals surface area contributed by atoms with Gasteiger partial charge in [0.25, 0.3) is 0 Å². The fourth-order valence-corrected chi connectivity index (χ4v) is 1.38. The van der Waals surface area contributed by atoms with Crippen LogP contribution in [0.4, 0.5) is 0 Å². The van der Waals surface area contributed by atoms with Crippen molar-refractivity contribution in [2.24, 2.45) is 0 Å². The Morgan fingerprint density at radius 1 is 1.40 bits per heavy atom. The van der Waals surface area contributed by atoms with Gasteiger partial charge in [-0.3, -0.25) is 4.79 Å². The average molecular weight is 248 g/mol. The molecule has 0 aliphatic carbocycles. The third kappa shape index (κ3) is 4.92. The highest BCUT2D eigenvalue weighted by Crippen LogP contribution is 2.11. The quantitative estimate of drug-likeness (QED) is 0.758. The third-order valence-corrected chi connectivity index (χ3v) is 2.27. The van der Waals surface area contributed by atoms with Crippen LogP contribution in [0.15, 0.2) is 24.3 Å². The lowest BCUT2D eigenvalue weighted by Gasteiger charge is -2.05. The topological polar surface area (TPSA) is 66.4 Å². The molecule has 82 valence electrons. The van der Waals surface area contributed by atoms with Crippen LogP contribution in [0.3, 0.4) is 0 Å². The van der Waals surface area contributed by atoms with Gasteiger partial charge < -0.3 is 8.74 Å². The maximum absolute atomic E-state index is 10.9. The predicted molar refractivity (Wildman–Crippen MR) is 54.8 cm³/mol. The largest absolute Gasteiger partial charge is 0.740 e. The molecule has 0 aliphatic rings. The summed E-state index contributed by atoms with van der Waals surface area (Å²) in [6.45, 7) is 0. The molecule has 0 spiro atoms. The van der Waals surface area contributed by atoms with E-state index >= 15 is 0 Å². The summed E-state index contributed by atoms with van der Waals surface area (Å²) in [5.41, 5.74) is 0.896. The van der Waals surface area contributed by atoms with Crippen LogP contribution in [0.5, 0.6) is 0 Å². The molecule has 0 aromatic heterocycles. The number of carbonyl (C=O) groups excluding carboxylic acids is 1. The van der Waals surface area contributed by atoms with Gasteiger partial charge in [-0.25, -0.2) is 4.21 Å². The zero-order valence-corrected chi connectivity index (χ0v) is 9.22. The van der Waals surface area contributed by atoms with Gasteiger partial charge in [0.2, 0.25) is 0 Å². The minimum atomic E-state index is -2.78. The molecule has 1 aromatic carbocycles. The minimum absolute atomic E-state index is 0.0234. The summed E-state index contributed by atoms with van der Waals surface area (Å²) in [6, 6.07) is 6.94. The number of hydrogen-bond acceptors (Lipinski definition) is 4. The van der Waals surface area contributed by atoms with Crippen molar-refractivity contribution in [1.82, 2.24) is 0 Å². The molecule has 1 atom stereocenters. The third-order valence-electron chi connectivity index (χ3n) is 1.69. The van der Waals surface area contributed by atoms with E-state index in [9.17, 15) is 13.6 Å². The van der Waals surface area contributed by atoms with Crippen LogP contribution in [0.1, 0.15) is 12.0 Å². The predicted octanol–water partition coefficient (Wildman–Crippen LogP) is 1.61. The van der Waals surface area contributed by atoms with Crippen LogP contribution < -0.4 is 0 Å². The molecule has 0 saturated heterocycles. The molecule has 0 N–H and O–H groups in total. The van der Waals surface area contributed by atoms with Crippen molar-refractivity contribution >= 4 is 28.9 Å². The Labute approximate surface area is 94.7 Å². The summed E-state index contributed by atoms with van der Waals surface area (Å²) < 4.78 is 24.0. The number of aryl methyl sites for hydroxylation is 1. The van der Waals surface area contributed by atoms with Gasteiger partial charge in [-0.1, -0.05) is 23.7 Å². The molecule has 0 heterocycles. The first-order valence-corrected chi connectivity index (χ1v) is 5.50. The lowest BCUT2D eigenvalue weighted by molar-refractivity contribution is -0.133. The van der Waals surface area contributed by atoms with E-state index in [1.807, 2.05) is 0 Å². The monoisotopic (exact) mass is 247 g/mol. The molecule has 1 unspecified atom stereocenters. The van der Waals surface area contributed by atoms with E-state index < -0.39 is 17.3 Å². The first kappa shape index (κ1) is 12.2. The van der Waals surface area contributed by atoms with Gasteiger partial charge in [0.15, 0.2) is 0 Å². The van der Waals surface area contributed by atoms with Gasteiger partial charge in [0.05, 0.1) is 6.42 Å². The molecule has 1 rings (SSSR count). The van der Waals surface area contributed by atoms with Crippen molar-refractivity contribution in [3.63, 3.8) is 0 Å². The summed E-state index contributed by atoms with van der Waals surface area (Å²) in [4.78, 5) is 10.9. The van der Waals surface area contributed by atoms with Crippen molar-refractivity contribution in [2.75, 3.05) is 0 Å². The maximum Gasteiger partial charge on any atom is 0.319 e. The smallest absolute Gasteiger partial charge is 0.319 e. The second-order valence-corrected chi connectivity index (χ2v) is 3.80. The van der Waals surface area contributed by atoms with Crippen molar-refractivity contribution in [3.8, 4) is 0 Å². The second kappa shape index (κ2) is 5.85. The summed E-state index contributed by atoms with van der Waals surface area (Å²) in [5.74, 6) is -0.765. The Hall–Kier alpha value is -0.910. The van der Waals surface area contributed by atoms with Crippen molar-refractivity contribution < 1.29 is 17.7 Å². The first-order valence-electron chi connectivity index (χ1n) is 4.13. The summed E-state index contributed by atoms with van der Waals surface area (Å²) in [5, 5.41) is 0.613. The second-order valence-electron chi connectivity index (χ2n) is 2.79. The van der Waals surface area contributed by atoms with Crippen molar-refractivity contribution in [3.05, 3.63) is 34.9 Å². The Bertz CT molecular complexity index is 363. The highest BCUT2D eigenvalue weighted by Gasteiger charge is 2.03. The zero-order chi connectivity index (χ0) is 11.3. The van der Waals surface area contributed by atoms with E-state index in [0.717, 1.165) is 5.56 Å². The van der Waals surface area contributed by atoms with E-state index in [4.69, 9.17) is 11.6 Å². The normalized spacial score (nSPS) is 12.1. The molecular weight excluding hydrogens is 240 g/mol. The first-order chi connectivity index (χ1) is 7.08. The van der Waals surface area contributed by atoms with Gasteiger partial charge in [-0.2, -0.15) is 0 Å². The van der Waals surface area contributed by atoms with Crippen LogP contribution in [-0.4, -0.2) is 14.7 Å². The van der Waals surface area contributed by atoms with Crippen LogP contribution in [0.25, 0.3) is 0 Å². The van der Waals surface area contributed by atoms with Gasteiger partial charge in [0, 0.05) is 5.02 Å². The summed E-state index contributed by atoms with van der Waals surface area (Å²) >= 11 is 2.89. The van der Waals surface area contributed by atoms with E-state index in [2.05, 4.69) is 4.18 Å². The highest BCUT2D eigenvalue weighted by molar-refractivity contribution is 7.74. The molecule has 4 nitrogen and oxygen atoms in total. The molecular formula is C9H8ClO4S-. The van der Waals surface area contributed by atoms with Crippen LogP contribution >= 0.6 is 11.6 Å². The molecule has 0 fully saturated rings. The number of benzene rings is 1. The van der Waals surface area contributed by atoms with Crippen molar-refractivity contribution in [1.29, 1.82) is 0 Å². The Balaban J connectivity index is 2.40. The van der Waals surface area contributed by atoms with E-state index in [-0.39, 0.29) is 6.42 Å². The van der Waals surface area contributed by atoms with Crippen LogP contribution in [0.2, 0.25) is 5.02 Å². The number of hydrogen-bond donors (Lipinski definition) is 0. The van der Waals surface area contributed by atoms with Gasteiger partial charge >= 0.3 is 5.97 Å². The highest BCUT2D eigenvalue weighted by atomic mass is 35.5. The van der Waals surface area contributed by atoms with Crippen LogP contribution in [-0.2, 0) is 26.8 Å². The fraction of sp³-hybridized carbons (Fsp3) is 0.222. The van der Waals surface area contributed by atoms with Gasteiger partial charge in [0.1, 0.15) is 11.4 Å². The summed E-state index contributed by atoms with van der Waals surface area (Å²) in [7, 11) is 0. The molecule has 0 bridgehead atoms. The molecule has 1 aromatic rings. The van der Waals surface area contributed by atoms with E-state index in [1.54, 1.807) is 24.3 Å². The Kier molecular flexibility index (Phi) is 4.74. The Morgan fingerprint density at radius 3 is 2.53 bits per heavy atom. The molecule has 15 heavy (non-hydrogen) atoms. The number of halogens is 1. The molecule has 0 radical (unpaired) electrons. The zero-order valence-electron chi connectivity index (χ0n) is 7.64. The van der Waals surface area contributed by atoms with Gasteiger partial charge in [-0.05, 0) is 24.1 Å². The summed E-state index contributed by atoms with van der Waals surface area (Å²) in [6.07, 6.45) is 0.447. The lowest BCUT2D eigenvalue weighted by atomic mass is 10.1. The fourth-order valence-electron chi connectivity index (χ4n) is 1.02. The van der Waals surface area contributed by atoms with Crippen molar-refractivity contribution in [2.45, 2.75) is 12.8 Å². The minimum Gasteiger partial charge on any atom is -0.740 e.